The number of carbonyl (C=O) groups is 1. The molecule has 12 heteroatoms. The first-order valence-electron chi connectivity index (χ1n) is 10.5. The number of rotatable bonds is 8. The molecule has 0 radical (unpaired) electrons. The van der Waals surface area contributed by atoms with Crippen LogP contribution in [0.25, 0.3) is 22.2 Å². The van der Waals surface area contributed by atoms with Gasteiger partial charge in [0.05, 0.1) is 13.3 Å². The Morgan fingerprint density at radius 3 is 2.69 bits per heavy atom. The number of nitrogens with one attached hydrogen (secondary N) is 2. The summed E-state index contributed by atoms with van der Waals surface area (Å²) in [5, 5.41) is 5.88. The number of benzene rings is 2. The highest BCUT2D eigenvalue weighted by Gasteiger charge is 2.14. The maximum absolute atomic E-state index is 14.5. The zero-order valence-electron chi connectivity index (χ0n) is 18.6. The molecular weight excluding hydrogens is 471 g/mol. The molecule has 5 rings (SSSR count). The van der Waals surface area contributed by atoms with Gasteiger partial charge in [-0.15, -0.1) is 0 Å². The van der Waals surface area contributed by atoms with E-state index in [0.717, 1.165) is 17.3 Å². The third-order valence-electron chi connectivity index (χ3n) is 5.12. The molecule has 0 aliphatic rings. The molecule has 5 aromatic rings. The number of methoxy groups -OCH3 is 1. The molecule has 11 nitrogen and oxygen atoms in total. The van der Waals surface area contributed by atoms with Crippen LogP contribution in [0.3, 0.4) is 0 Å². The maximum atomic E-state index is 14.5. The van der Waals surface area contributed by atoms with Gasteiger partial charge in [-0.1, -0.05) is 10.8 Å². The summed E-state index contributed by atoms with van der Waals surface area (Å²) in [5.41, 5.74) is 3.01. The molecular formula is C24H17FN6O5. The van der Waals surface area contributed by atoms with Gasteiger partial charge in [0, 0.05) is 34.9 Å². The van der Waals surface area contributed by atoms with E-state index in [0.29, 0.717) is 21.9 Å². The summed E-state index contributed by atoms with van der Waals surface area (Å²) in [4.78, 5) is 39.5. The monoisotopic (exact) mass is 488 g/mol. The zero-order chi connectivity index (χ0) is 25.1. The van der Waals surface area contributed by atoms with Crippen LogP contribution in [0.5, 0.6) is 5.75 Å². The van der Waals surface area contributed by atoms with E-state index < -0.39 is 11.6 Å². The second kappa shape index (κ2) is 9.54. The van der Waals surface area contributed by atoms with Gasteiger partial charge in [-0.05, 0) is 42.5 Å². The first-order chi connectivity index (χ1) is 17.6. The molecule has 0 saturated carbocycles. The van der Waals surface area contributed by atoms with E-state index in [1.165, 1.54) is 12.1 Å². The molecule has 3 heterocycles. The average molecular weight is 488 g/mol. The van der Waals surface area contributed by atoms with Crippen molar-refractivity contribution < 1.29 is 23.2 Å². The molecule has 0 aliphatic carbocycles. The number of aromatic nitrogens is 4. The molecule has 0 saturated heterocycles. The Balaban J connectivity index is 1.43. The Morgan fingerprint density at radius 2 is 1.92 bits per heavy atom. The van der Waals surface area contributed by atoms with Gasteiger partial charge < -0.3 is 24.6 Å². The van der Waals surface area contributed by atoms with Crippen LogP contribution >= 0.6 is 0 Å². The normalized spacial score (nSPS) is 10.7. The van der Waals surface area contributed by atoms with Gasteiger partial charge >= 0.3 is 12.2 Å². The highest BCUT2D eigenvalue weighted by molar-refractivity contribution is 5.79. The van der Waals surface area contributed by atoms with Crippen LogP contribution in [0.2, 0.25) is 0 Å². The fourth-order valence-corrected chi connectivity index (χ4v) is 3.53. The molecule has 2 N–H and O–H groups in total. The molecule has 0 atom stereocenters. The van der Waals surface area contributed by atoms with E-state index in [9.17, 15) is 14.0 Å². The molecule has 180 valence electrons. The molecule has 0 aliphatic heterocycles. The minimum absolute atomic E-state index is 0.0946. The van der Waals surface area contributed by atoms with E-state index in [2.05, 4.69) is 30.4 Å². The van der Waals surface area contributed by atoms with Gasteiger partial charge in [0.25, 0.3) is 0 Å². The van der Waals surface area contributed by atoms with Gasteiger partial charge in [-0.3, -0.25) is 9.78 Å². The summed E-state index contributed by atoms with van der Waals surface area (Å²) < 4.78 is 25.7. The van der Waals surface area contributed by atoms with Crippen molar-refractivity contribution >= 4 is 40.7 Å². The van der Waals surface area contributed by atoms with Crippen molar-refractivity contribution in [2.24, 2.45) is 0 Å². The van der Waals surface area contributed by atoms with E-state index >= 15 is 0 Å². The second-order valence-corrected chi connectivity index (χ2v) is 7.34. The lowest BCUT2D eigenvalue weighted by molar-refractivity contribution is -0.129. The summed E-state index contributed by atoms with van der Waals surface area (Å²) >= 11 is 0. The third kappa shape index (κ3) is 4.42. The Hall–Kier alpha value is -5.26. The number of ether oxygens (including phenoxy) is 1. The zero-order valence-corrected chi connectivity index (χ0v) is 18.6. The highest BCUT2D eigenvalue weighted by atomic mass is 19.1. The van der Waals surface area contributed by atoms with Gasteiger partial charge in [-0.2, -0.15) is 4.98 Å². The van der Waals surface area contributed by atoms with Crippen molar-refractivity contribution in [2.45, 2.75) is 0 Å². The largest absolute Gasteiger partial charge is 0.496 e. The first-order valence-corrected chi connectivity index (χ1v) is 10.5. The van der Waals surface area contributed by atoms with Gasteiger partial charge in [-0.25, -0.2) is 14.2 Å². The van der Waals surface area contributed by atoms with Crippen LogP contribution in [-0.4, -0.2) is 33.3 Å². The van der Waals surface area contributed by atoms with Crippen LogP contribution < -0.4 is 26.0 Å². The number of pyridine rings is 1. The number of hydrogen-bond acceptors (Lipinski definition) is 10. The van der Waals surface area contributed by atoms with E-state index in [1.54, 1.807) is 37.7 Å². The van der Waals surface area contributed by atoms with E-state index in [4.69, 9.17) is 9.15 Å². The number of hydrogen-bond donors (Lipinski definition) is 2. The van der Waals surface area contributed by atoms with Crippen molar-refractivity contribution in [1.82, 2.24) is 19.7 Å². The Morgan fingerprint density at radius 1 is 1.08 bits per heavy atom. The quantitative estimate of drug-likeness (QED) is 0.312. The molecule has 0 amide bonds. The highest BCUT2D eigenvalue weighted by Crippen LogP contribution is 2.33. The minimum Gasteiger partial charge on any atom is -0.496 e. The van der Waals surface area contributed by atoms with E-state index in [1.807, 2.05) is 18.2 Å². The van der Waals surface area contributed by atoms with Crippen LogP contribution in [0.4, 0.5) is 27.5 Å². The summed E-state index contributed by atoms with van der Waals surface area (Å²) in [6, 6.07) is 13.6. The summed E-state index contributed by atoms with van der Waals surface area (Å²) in [7, 11) is 1.58. The lowest BCUT2D eigenvalue weighted by Crippen LogP contribution is -2.21. The lowest BCUT2D eigenvalue weighted by atomic mass is 10.1. The van der Waals surface area contributed by atoms with Crippen molar-refractivity contribution in [3.63, 3.8) is 0 Å². The molecule has 0 bridgehead atoms. The van der Waals surface area contributed by atoms with Gasteiger partial charge in [0.1, 0.15) is 11.3 Å². The number of nitrogens with zero attached hydrogens (tertiary/aromatic N) is 4. The molecule has 0 fully saturated rings. The number of halogens is 1. The molecule has 36 heavy (non-hydrogen) atoms. The summed E-state index contributed by atoms with van der Waals surface area (Å²) in [5.74, 6) is -0.921. The Bertz CT molecular complexity index is 1620. The lowest BCUT2D eigenvalue weighted by Gasteiger charge is -2.13. The van der Waals surface area contributed by atoms with Crippen molar-refractivity contribution in [2.75, 3.05) is 17.7 Å². The van der Waals surface area contributed by atoms with Crippen LogP contribution in [0, 0.1) is 5.82 Å². The van der Waals surface area contributed by atoms with Crippen LogP contribution in [0.1, 0.15) is 0 Å². The SMILES string of the molecule is COc1ccc(Nc2ncc(F)c(Nc3ccc4oc(=O)n(OC=O)c4c3)n2)cc1-c1cccnc1. The standard InChI is InChI=1S/C24H17FN6O5/c1-34-20-6-4-15(9-17(20)14-3-2-8-26-11-14)29-23-27-12-18(25)22(30-23)28-16-5-7-21-19(10-16)31(35-13-32)24(33)36-21/h2-13H,1H3,(H2,27,28,29,30). The van der Waals surface area contributed by atoms with Crippen molar-refractivity contribution in [1.29, 1.82) is 0 Å². The molecule has 2 aromatic carbocycles. The number of oxazole rings is 1. The fourth-order valence-electron chi connectivity index (χ4n) is 3.53. The predicted octanol–water partition coefficient (Wildman–Crippen LogP) is 3.67. The number of fused-ring (bicyclic) bond motifs is 1. The predicted molar refractivity (Wildman–Crippen MR) is 128 cm³/mol. The van der Waals surface area contributed by atoms with Crippen molar-refractivity contribution in [3.8, 4) is 16.9 Å². The first kappa shape index (κ1) is 22.5. The number of anilines is 4. The second-order valence-electron chi connectivity index (χ2n) is 7.34. The molecule has 3 aromatic heterocycles. The van der Waals surface area contributed by atoms with Gasteiger partial charge in [0.15, 0.2) is 17.2 Å². The molecule has 0 unspecified atom stereocenters. The summed E-state index contributed by atoms with van der Waals surface area (Å²) in [6.07, 6.45) is 4.41. The topological polar surface area (TPSA) is 133 Å². The Kier molecular flexibility index (Phi) is 5.97. The minimum atomic E-state index is -0.876. The van der Waals surface area contributed by atoms with Gasteiger partial charge in [0.2, 0.25) is 5.95 Å². The summed E-state index contributed by atoms with van der Waals surface area (Å²) in [6.45, 7) is 0.0946. The Labute approximate surface area is 202 Å². The van der Waals surface area contributed by atoms with Crippen LogP contribution in [0.15, 0.2) is 76.3 Å². The van der Waals surface area contributed by atoms with Crippen molar-refractivity contribution in [3.05, 3.63) is 83.5 Å². The van der Waals surface area contributed by atoms with E-state index in [-0.39, 0.29) is 29.3 Å². The third-order valence-corrected chi connectivity index (χ3v) is 5.12. The molecule has 0 spiro atoms. The smallest absolute Gasteiger partial charge is 0.453 e. The maximum Gasteiger partial charge on any atom is 0.453 e. The number of carbonyl (C=O) groups excluding carboxylic acids is 1. The fraction of sp³-hybridized carbons (Fsp3) is 0.0417. The average Bonchev–Trinajstić information content (AvgIpc) is 3.21. The van der Waals surface area contributed by atoms with Crippen LogP contribution in [-0.2, 0) is 4.79 Å².